The molecule has 1 unspecified atom stereocenters. The van der Waals surface area contributed by atoms with E-state index in [1.54, 1.807) is 34.1 Å². The van der Waals surface area contributed by atoms with Gasteiger partial charge >= 0.3 is 6.09 Å². The van der Waals surface area contributed by atoms with Crippen LogP contribution in [-0.4, -0.2) is 67.2 Å². The monoisotopic (exact) mass is 466 g/mol. The quantitative estimate of drug-likeness (QED) is 0.605. The SMILES string of the molecule is Cc1ccc(S(=O)(=O)CCC(=O)N2CCCC(CN(C(=O)OC(C)(C)C)C(C)C)C2)cc1. The molecular formula is C24H38N2O5S. The van der Waals surface area contributed by atoms with Crippen LogP contribution >= 0.6 is 0 Å². The number of likely N-dealkylation sites (tertiary alicyclic amines) is 1. The van der Waals surface area contributed by atoms with Crippen molar-refractivity contribution in [3.8, 4) is 0 Å². The van der Waals surface area contributed by atoms with Crippen LogP contribution in [-0.2, 0) is 19.4 Å². The maximum atomic E-state index is 12.8. The Morgan fingerprint density at radius 1 is 1.19 bits per heavy atom. The fourth-order valence-corrected chi connectivity index (χ4v) is 5.01. The van der Waals surface area contributed by atoms with Crippen LogP contribution in [0, 0.1) is 12.8 Å². The van der Waals surface area contributed by atoms with Gasteiger partial charge in [-0.05, 0) is 72.4 Å². The van der Waals surface area contributed by atoms with E-state index < -0.39 is 15.4 Å². The molecule has 1 aromatic carbocycles. The average Bonchev–Trinajstić information content (AvgIpc) is 2.69. The molecule has 180 valence electrons. The molecule has 0 aromatic heterocycles. The van der Waals surface area contributed by atoms with Crippen LogP contribution in [0.2, 0.25) is 0 Å². The van der Waals surface area contributed by atoms with Gasteiger partial charge in [0.05, 0.1) is 10.6 Å². The zero-order chi connectivity index (χ0) is 24.1. The predicted molar refractivity (Wildman–Crippen MR) is 125 cm³/mol. The molecule has 0 spiro atoms. The van der Waals surface area contributed by atoms with Crippen molar-refractivity contribution in [1.82, 2.24) is 9.80 Å². The molecule has 8 heteroatoms. The lowest BCUT2D eigenvalue weighted by atomic mass is 9.96. The molecule has 7 nitrogen and oxygen atoms in total. The summed E-state index contributed by atoms with van der Waals surface area (Å²) < 4.78 is 30.7. The molecule has 1 fully saturated rings. The van der Waals surface area contributed by atoms with E-state index in [2.05, 4.69) is 0 Å². The van der Waals surface area contributed by atoms with Crippen LogP contribution in [0.5, 0.6) is 0 Å². The molecule has 2 rings (SSSR count). The van der Waals surface area contributed by atoms with Crippen molar-refractivity contribution in [2.24, 2.45) is 5.92 Å². The number of nitrogens with zero attached hydrogens (tertiary/aromatic N) is 2. The zero-order valence-corrected chi connectivity index (χ0v) is 21.1. The second-order valence-electron chi connectivity index (χ2n) is 9.96. The minimum atomic E-state index is -3.50. The molecule has 0 N–H and O–H groups in total. The van der Waals surface area contributed by atoms with Gasteiger partial charge in [0.15, 0.2) is 9.84 Å². The van der Waals surface area contributed by atoms with Gasteiger partial charge in [0, 0.05) is 32.1 Å². The number of hydrogen-bond donors (Lipinski definition) is 0. The highest BCUT2D eigenvalue weighted by atomic mass is 32.2. The van der Waals surface area contributed by atoms with Crippen LogP contribution in [0.3, 0.4) is 0 Å². The van der Waals surface area contributed by atoms with Crippen LogP contribution in [0.15, 0.2) is 29.2 Å². The standard InChI is InChI=1S/C24H38N2O5S/c1-18(2)26(23(28)31-24(4,5)6)17-20-8-7-14-25(16-20)22(27)13-15-32(29,30)21-11-9-19(3)10-12-21/h9-12,18,20H,7-8,13-17H2,1-6H3. The number of rotatable bonds is 7. The van der Waals surface area contributed by atoms with Gasteiger partial charge in [-0.25, -0.2) is 13.2 Å². The molecule has 1 atom stereocenters. The van der Waals surface area contributed by atoms with Gasteiger partial charge in [-0.1, -0.05) is 17.7 Å². The third-order valence-electron chi connectivity index (χ3n) is 5.54. The van der Waals surface area contributed by atoms with E-state index in [1.807, 2.05) is 41.5 Å². The van der Waals surface area contributed by atoms with Crippen molar-refractivity contribution in [3.63, 3.8) is 0 Å². The number of amides is 2. The Balaban J connectivity index is 1.95. The smallest absolute Gasteiger partial charge is 0.410 e. The third kappa shape index (κ3) is 7.80. The van der Waals surface area contributed by atoms with Crippen LogP contribution in [0.25, 0.3) is 0 Å². The second kappa shape index (κ2) is 10.7. The molecule has 1 aliphatic rings. The Labute approximate surface area is 193 Å². The third-order valence-corrected chi connectivity index (χ3v) is 7.27. The van der Waals surface area contributed by atoms with Gasteiger partial charge in [0.1, 0.15) is 5.60 Å². The maximum Gasteiger partial charge on any atom is 0.410 e. The highest BCUT2D eigenvalue weighted by Gasteiger charge is 2.30. The largest absolute Gasteiger partial charge is 0.444 e. The number of piperidine rings is 1. The molecule has 1 aliphatic heterocycles. The number of hydrogen-bond acceptors (Lipinski definition) is 5. The average molecular weight is 467 g/mol. The number of benzene rings is 1. The predicted octanol–water partition coefficient (Wildman–Crippen LogP) is 4.04. The normalized spacial score (nSPS) is 17.3. The summed E-state index contributed by atoms with van der Waals surface area (Å²) in [4.78, 5) is 29.1. The Morgan fingerprint density at radius 3 is 2.38 bits per heavy atom. The lowest BCUT2D eigenvalue weighted by Crippen LogP contribution is -2.48. The molecule has 0 saturated carbocycles. The van der Waals surface area contributed by atoms with Crippen molar-refractivity contribution in [2.75, 3.05) is 25.4 Å². The highest BCUT2D eigenvalue weighted by molar-refractivity contribution is 7.91. The molecule has 1 heterocycles. The number of ether oxygens (including phenoxy) is 1. The number of carbonyl (C=O) groups excluding carboxylic acids is 2. The van der Waals surface area contributed by atoms with Crippen molar-refractivity contribution < 1.29 is 22.7 Å². The van der Waals surface area contributed by atoms with Crippen LogP contribution in [0.4, 0.5) is 4.79 Å². The lowest BCUT2D eigenvalue weighted by Gasteiger charge is -2.37. The van der Waals surface area contributed by atoms with E-state index in [-0.39, 0.29) is 41.0 Å². The van der Waals surface area contributed by atoms with Crippen LogP contribution < -0.4 is 0 Å². The van der Waals surface area contributed by atoms with E-state index in [0.717, 1.165) is 18.4 Å². The van der Waals surface area contributed by atoms with Gasteiger partial charge in [-0.2, -0.15) is 0 Å². The first-order chi connectivity index (χ1) is 14.8. The van der Waals surface area contributed by atoms with Gasteiger partial charge in [0.25, 0.3) is 0 Å². The molecule has 32 heavy (non-hydrogen) atoms. The summed E-state index contributed by atoms with van der Waals surface area (Å²) in [5.74, 6) is -0.221. The zero-order valence-electron chi connectivity index (χ0n) is 20.3. The van der Waals surface area contributed by atoms with Gasteiger partial charge in [-0.15, -0.1) is 0 Å². The number of aryl methyl sites for hydroxylation is 1. The Bertz CT molecular complexity index is 888. The van der Waals surface area contributed by atoms with E-state index in [1.165, 1.54) is 0 Å². The minimum Gasteiger partial charge on any atom is -0.444 e. The highest BCUT2D eigenvalue weighted by Crippen LogP contribution is 2.22. The Kier molecular flexibility index (Phi) is 8.74. The second-order valence-corrected chi connectivity index (χ2v) is 12.1. The summed E-state index contributed by atoms with van der Waals surface area (Å²) in [6.45, 7) is 13.0. The Hall–Kier alpha value is -2.09. The van der Waals surface area contributed by atoms with Gasteiger partial charge in [0.2, 0.25) is 5.91 Å². The van der Waals surface area contributed by atoms with Crippen molar-refractivity contribution >= 4 is 21.8 Å². The fraction of sp³-hybridized carbons (Fsp3) is 0.667. The van der Waals surface area contributed by atoms with Crippen molar-refractivity contribution in [2.45, 2.75) is 77.3 Å². The van der Waals surface area contributed by atoms with E-state index in [9.17, 15) is 18.0 Å². The molecule has 0 bridgehead atoms. The van der Waals surface area contributed by atoms with E-state index in [4.69, 9.17) is 4.74 Å². The first-order valence-electron chi connectivity index (χ1n) is 11.4. The molecule has 1 aromatic rings. The number of sulfone groups is 1. The minimum absolute atomic E-state index is 0.0180. The van der Waals surface area contributed by atoms with Crippen molar-refractivity contribution in [3.05, 3.63) is 29.8 Å². The maximum absolute atomic E-state index is 12.8. The number of carbonyl (C=O) groups is 2. The lowest BCUT2D eigenvalue weighted by molar-refractivity contribution is -0.132. The van der Waals surface area contributed by atoms with Crippen LogP contribution in [0.1, 0.15) is 59.4 Å². The summed E-state index contributed by atoms with van der Waals surface area (Å²) in [6, 6.07) is 6.67. The molecule has 0 radical (unpaired) electrons. The first-order valence-corrected chi connectivity index (χ1v) is 13.0. The molecular weight excluding hydrogens is 428 g/mol. The van der Waals surface area contributed by atoms with E-state index >= 15 is 0 Å². The molecule has 2 amide bonds. The van der Waals surface area contributed by atoms with Gasteiger partial charge < -0.3 is 14.5 Å². The summed E-state index contributed by atoms with van der Waals surface area (Å²) in [5.41, 5.74) is 0.420. The first kappa shape index (κ1) is 26.2. The topological polar surface area (TPSA) is 84.0 Å². The van der Waals surface area contributed by atoms with E-state index in [0.29, 0.717) is 19.6 Å². The summed E-state index contributed by atoms with van der Waals surface area (Å²) >= 11 is 0. The summed E-state index contributed by atoms with van der Waals surface area (Å²) in [7, 11) is -3.50. The Morgan fingerprint density at radius 2 is 1.81 bits per heavy atom. The summed E-state index contributed by atoms with van der Waals surface area (Å²) in [5, 5.41) is 0. The molecule has 1 saturated heterocycles. The van der Waals surface area contributed by atoms with Crippen molar-refractivity contribution in [1.29, 1.82) is 0 Å². The van der Waals surface area contributed by atoms with Gasteiger partial charge in [-0.3, -0.25) is 4.79 Å². The fourth-order valence-electron chi connectivity index (χ4n) is 3.78. The summed E-state index contributed by atoms with van der Waals surface area (Å²) in [6.07, 6.45) is 1.36. The molecule has 0 aliphatic carbocycles.